The van der Waals surface area contributed by atoms with Gasteiger partial charge in [-0.1, -0.05) is 17.7 Å². The molecular weight excluding hydrogens is 340 g/mol. The molecule has 144 valence electrons. The van der Waals surface area contributed by atoms with E-state index in [1.165, 1.54) is 15.5 Å². The monoisotopic (exact) mass is 369 g/mol. The Morgan fingerprint density at radius 1 is 1.11 bits per heavy atom. The average Bonchev–Trinajstić information content (AvgIpc) is 2.97. The van der Waals surface area contributed by atoms with Crippen LogP contribution in [-0.4, -0.2) is 38.1 Å². The maximum atomic E-state index is 13.3. The zero-order valence-corrected chi connectivity index (χ0v) is 16.3. The normalized spacial score (nSPS) is 27.2. The zero-order valence-electron chi connectivity index (χ0n) is 16.3. The smallest absolute Gasteiger partial charge is 0.238 e. The van der Waals surface area contributed by atoms with Crippen LogP contribution in [0.2, 0.25) is 0 Å². The third-order valence-electron chi connectivity index (χ3n) is 6.25. The molecular formula is C22H29N2O3+. The van der Waals surface area contributed by atoms with Crippen molar-refractivity contribution < 1.29 is 19.2 Å². The highest BCUT2D eigenvalue weighted by Crippen LogP contribution is 2.38. The lowest BCUT2D eigenvalue weighted by Crippen LogP contribution is -3.13. The molecule has 2 heterocycles. The minimum absolute atomic E-state index is 0.0163. The van der Waals surface area contributed by atoms with Crippen molar-refractivity contribution in [3.8, 4) is 0 Å². The summed E-state index contributed by atoms with van der Waals surface area (Å²) in [4.78, 5) is 29.0. The number of aryl methyl sites for hydroxylation is 2. The van der Waals surface area contributed by atoms with E-state index in [4.69, 9.17) is 4.74 Å². The molecule has 5 heteroatoms. The molecule has 1 N–H and O–H groups in total. The standard InChI is InChI=1S/C22H28N2O3/c1-15-7-8-19(16(2)13-15)24-21(25)14-18(22(24)26)17-5-3-4-6-20(17)23-9-11-27-12-10-23/h6-8,13,17-18H,3-5,9-12,14H2,1-2H3/p+1/t17-,18-/m1/s1. The van der Waals surface area contributed by atoms with Crippen molar-refractivity contribution in [1.82, 2.24) is 0 Å². The Balaban J connectivity index is 1.60. The van der Waals surface area contributed by atoms with Crippen LogP contribution in [0.3, 0.4) is 0 Å². The first-order valence-corrected chi connectivity index (χ1v) is 10.1. The van der Waals surface area contributed by atoms with Gasteiger partial charge in [0.1, 0.15) is 18.8 Å². The summed E-state index contributed by atoms with van der Waals surface area (Å²) in [5, 5.41) is 0. The molecule has 4 rings (SSSR count). The Labute approximate surface area is 161 Å². The van der Waals surface area contributed by atoms with E-state index in [1.54, 1.807) is 0 Å². The minimum atomic E-state index is -0.222. The minimum Gasteiger partial charge on any atom is -0.370 e. The predicted octanol–water partition coefficient (Wildman–Crippen LogP) is 1.78. The molecule has 0 saturated carbocycles. The van der Waals surface area contributed by atoms with Crippen LogP contribution in [0, 0.1) is 25.7 Å². The number of allylic oxidation sites excluding steroid dienone is 2. The van der Waals surface area contributed by atoms with Crippen LogP contribution in [0.25, 0.3) is 0 Å². The van der Waals surface area contributed by atoms with E-state index in [0.717, 1.165) is 62.4 Å². The van der Waals surface area contributed by atoms with Gasteiger partial charge in [0.25, 0.3) is 0 Å². The summed E-state index contributed by atoms with van der Waals surface area (Å²) in [6, 6.07) is 5.92. The number of morpholine rings is 1. The highest BCUT2D eigenvalue weighted by Gasteiger charge is 2.47. The topological polar surface area (TPSA) is 51.1 Å². The van der Waals surface area contributed by atoms with Crippen LogP contribution in [0.5, 0.6) is 0 Å². The molecule has 0 bridgehead atoms. The van der Waals surface area contributed by atoms with Crippen LogP contribution < -0.4 is 9.80 Å². The molecule has 5 nitrogen and oxygen atoms in total. The Morgan fingerprint density at radius 2 is 1.89 bits per heavy atom. The Morgan fingerprint density at radius 3 is 2.63 bits per heavy atom. The molecule has 1 aromatic carbocycles. The fraction of sp³-hybridized carbons (Fsp3) is 0.545. The van der Waals surface area contributed by atoms with E-state index in [-0.39, 0.29) is 23.7 Å². The highest BCUT2D eigenvalue weighted by atomic mass is 16.5. The number of nitrogens with zero attached hydrogens (tertiary/aromatic N) is 1. The van der Waals surface area contributed by atoms with Crippen molar-refractivity contribution in [3.63, 3.8) is 0 Å². The lowest BCUT2D eigenvalue weighted by molar-refractivity contribution is -0.874. The van der Waals surface area contributed by atoms with Gasteiger partial charge in [0.2, 0.25) is 11.8 Å². The zero-order chi connectivity index (χ0) is 19.0. The van der Waals surface area contributed by atoms with E-state index in [1.807, 2.05) is 32.0 Å². The predicted molar refractivity (Wildman–Crippen MR) is 103 cm³/mol. The van der Waals surface area contributed by atoms with E-state index < -0.39 is 0 Å². The summed E-state index contributed by atoms with van der Waals surface area (Å²) >= 11 is 0. The summed E-state index contributed by atoms with van der Waals surface area (Å²) in [5.74, 6) is -0.115. The molecule has 2 saturated heterocycles. The van der Waals surface area contributed by atoms with Gasteiger partial charge in [-0.15, -0.1) is 0 Å². The Kier molecular flexibility index (Phi) is 5.15. The summed E-state index contributed by atoms with van der Waals surface area (Å²) in [6.45, 7) is 7.45. The molecule has 3 aliphatic rings. The van der Waals surface area contributed by atoms with E-state index >= 15 is 0 Å². The number of imide groups is 1. The van der Waals surface area contributed by atoms with Crippen molar-refractivity contribution in [2.75, 3.05) is 31.2 Å². The number of benzene rings is 1. The number of carbonyl (C=O) groups excluding carboxylic acids is 2. The van der Waals surface area contributed by atoms with Crippen molar-refractivity contribution >= 4 is 17.5 Å². The number of quaternary nitrogens is 1. The summed E-state index contributed by atoms with van der Waals surface area (Å²) < 4.78 is 5.51. The Hall–Kier alpha value is -1.98. The summed E-state index contributed by atoms with van der Waals surface area (Å²) in [5.41, 5.74) is 4.22. The van der Waals surface area contributed by atoms with Gasteiger partial charge in [0, 0.05) is 12.3 Å². The van der Waals surface area contributed by atoms with Crippen LogP contribution in [0.1, 0.15) is 36.8 Å². The van der Waals surface area contributed by atoms with Gasteiger partial charge in [0.15, 0.2) is 0 Å². The lowest BCUT2D eigenvalue weighted by Gasteiger charge is -2.34. The van der Waals surface area contributed by atoms with E-state index in [0.29, 0.717) is 6.42 Å². The van der Waals surface area contributed by atoms with Crippen LogP contribution in [0.15, 0.2) is 30.0 Å². The van der Waals surface area contributed by atoms with Crippen molar-refractivity contribution in [2.45, 2.75) is 39.5 Å². The lowest BCUT2D eigenvalue weighted by atomic mass is 9.80. The van der Waals surface area contributed by atoms with Crippen molar-refractivity contribution in [1.29, 1.82) is 0 Å². The second kappa shape index (κ2) is 7.56. The van der Waals surface area contributed by atoms with Crippen LogP contribution >= 0.6 is 0 Å². The highest BCUT2D eigenvalue weighted by molar-refractivity contribution is 6.21. The molecule has 2 atom stereocenters. The first-order valence-electron chi connectivity index (χ1n) is 10.1. The molecule has 27 heavy (non-hydrogen) atoms. The number of anilines is 1. The number of nitrogens with one attached hydrogen (secondary N) is 1. The second-order valence-corrected chi connectivity index (χ2v) is 8.08. The second-order valence-electron chi connectivity index (χ2n) is 8.08. The van der Waals surface area contributed by atoms with Gasteiger partial charge >= 0.3 is 0 Å². The molecule has 0 radical (unpaired) electrons. The molecule has 0 aromatic heterocycles. The number of rotatable bonds is 3. The van der Waals surface area contributed by atoms with Crippen LogP contribution in [-0.2, 0) is 14.3 Å². The van der Waals surface area contributed by atoms with Gasteiger partial charge in [-0.2, -0.15) is 0 Å². The van der Waals surface area contributed by atoms with Gasteiger partial charge in [-0.25, -0.2) is 0 Å². The fourth-order valence-electron chi connectivity index (χ4n) is 4.91. The van der Waals surface area contributed by atoms with E-state index in [2.05, 4.69) is 6.08 Å². The molecule has 0 unspecified atom stereocenters. The molecule has 2 aliphatic heterocycles. The first kappa shape index (κ1) is 18.4. The van der Waals surface area contributed by atoms with Crippen LogP contribution in [0.4, 0.5) is 5.69 Å². The molecule has 2 amide bonds. The number of hydrogen-bond acceptors (Lipinski definition) is 3. The molecule has 2 fully saturated rings. The number of carbonyl (C=O) groups is 2. The van der Waals surface area contributed by atoms with Gasteiger partial charge in [-0.05, 0) is 50.8 Å². The maximum Gasteiger partial charge on any atom is 0.238 e. The molecule has 0 spiro atoms. The quantitative estimate of drug-likeness (QED) is 0.827. The van der Waals surface area contributed by atoms with E-state index in [9.17, 15) is 9.59 Å². The number of ether oxygens (including phenoxy) is 1. The van der Waals surface area contributed by atoms with Crippen molar-refractivity contribution in [3.05, 3.63) is 41.1 Å². The largest absolute Gasteiger partial charge is 0.370 e. The maximum absolute atomic E-state index is 13.3. The van der Waals surface area contributed by atoms with Crippen molar-refractivity contribution in [2.24, 2.45) is 11.8 Å². The fourth-order valence-corrected chi connectivity index (χ4v) is 4.91. The van der Waals surface area contributed by atoms with Gasteiger partial charge < -0.3 is 9.64 Å². The SMILES string of the molecule is Cc1ccc(N2C(=O)C[C@H]([C@H]3CCCC=C3[NH+]3CCOCC3)C2=O)c(C)c1. The van der Waals surface area contributed by atoms with Gasteiger partial charge in [-0.3, -0.25) is 14.5 Å². The average molecular weight is 369 g/mol. The first-order chi connectivity index (χ1) is 13.1. The third kappa shape index (κ3) is 3.46. The third-order valence-corrected chi connectivity index (χ3v) is 6.25. The van der Waals surface area contributed by atoms with Gasteiger partial charge in [0.05, 0.1) is 24.8 Å². The Bertz CT molecular complexity index is 780. The summed E-state index contributed by atoms with van der Waals surface area (Å²) in [6.07, 6.45) is 5.83. The molecule has 1 aromatic rings. The number of amides is 2. The molecule has 1 aliphatic carbocycles. The number of hydrogen-bond donors (Lipinski definition) is 1. The summed E-state index contributed by atoms with van der Waals surface area (Å²) in [7, 11) is 0.